The van der Waals surface area contributed by atoms with Crippen LogP contribution >= 0.6 is 0 Å². The van der Waals surface area contributed by atoms with E-state index in [-0.39, 0.29) is 0 Å². The number of nitrogens with zero attached hydrogens (tertiary/aromatic N) is 1. The van der Waals surface area contributed by atoms with Crippen LogP contribution in [0.5, 0.6) is 0 Å². The minimum atomic E-state index is 0.483. The van der Waals surface area contributed by atoms with E-state index < -0.39 is 0 Å². The Bertz CT molecular complexity index is 461. The molecule has 0 aliphatic heterocycles. The predicted molar refractivity (Wildman–Crippen MR) is 75.2 cm³/mol. The summed E-state index contributed by atoms with van der Waals surface area (Å²) in [6.07, 6.45) is 4.90. The summed E-state index contributed by atoms with van der Waals surface area (Å²) in [6, 6.07) is 8.24. The van der Waals surface area contributed by atoms with Gasteiger partial charge in [0.25, 0.3) is 0 Å². The van der Waals surface area contributed by atoms with E-state index in [9.17, 15) is 0 Å². The van der Waals surface area contributed by atoms with Crippen molar-refractivity contribution in [3.63, 3.8) is 0 Å². The van der Waals surface area contributed by atoms with Crippen LogP contribution in [0.3, 0.4) is 0 Å². The lowest BCUT2D eigenvalue weighted by molar-refractivity contribution is 0.232. The molecule has 1 fully saturated rings. The third-order valence-corrected chi connectivity index (χ3v) is 3.88. The number of nitriles is 1. The normalized spacial score (nSPS) is 19.2. The highest BCUT2D eigenvalue weighted by atomic mass is 14.9. The quantitative estimate of drug-likeness (QED) is 0.781. The van der Waals surface area contributed by atoms with E-state index in [2.05, 4.69) is 25.2 Å². The molecule has 0 heterocycles. The highest BCUT2D eigenvalue weighted by Gasteiger charge is 2.26. The Balaban J connectivity index is 2.01. The SMILES string of the molecule is CC1(C)CCC(Nc2ccc(N)c(C#N)c2)CC1. The van der Waals surface area contributed by atoms with Crippen LogP contribution in [0.25, 0.3) is 0 Å². The largest absolute Gasteiger partial charge is 0.398 e. The molecule has 3 heteroatoms. The highest BCUT2D eigenvalue weighted by molar-refractivity contribution is 5.62. The van der Waals surface area contributed by atoms with Crippen molar-refractivity contribution < 1.29 is 0 Å². The Morgan fingerprint density at radius 2 is 2.00 bits per heavy atom. The third kappa shape index (κ3) is 2.95. The van der Waals surface area contributed by atoms with Crippen LogP contribution in [0.4, 0.5) is 11.4 Å². The first-order chi connectivity index (χ1) is 8.50. The van der Waals surface area contributed by atoms with E-state index in [1.54, 1.807) is 6.07 Å². The van der Waals surface area contributed by atoms with Gasteiger partial charge in [-0.25, -0.2) is 0 Å². The molecule has 0 radical (unpaired) electrons. The number of anilines is 2. The van der Waals surface area contributed by atoms with Crippen molar-refractivity contribution in [1.82, 2.24) is 0 Å². The molecule has 1 aromatic rings. The second kappa shape index (κ2) is 4.89. The standard InChI is InChI=1S/C15H21N3/c1-15(2)7-5-12(6-8-15)18-13-3-4-14(17)11(9-13)10-16/h3-4,9,12,18H,5-8,17H2,1-2H3. The number of nitrogens with one attached hydrogen (secondary N) is 1. The zero-order valence-electron chi connectivity index (χ0n) is 11.2. The second-order valence-corrected chi connectivity index (χ2v) is 6.00. The maximum absolute atomic E-state index is 8.96. The van der Waals surface area contributed by atoms with Crippen molar-refractivity contribution in [1.29, 1.82) is 5.26 Å². The average Bonchev–Trinajstić information content (AvgIpc) is 2.34. The van der Waals surface area contributed by atoms with Crippen LogP contribution < -0.4 is 11.1 Å². The lowest BCUT2D eigenvalue weighted by Gasteiger charge is -2.35. The zero-order chi connectivity index (χ0) is 13.2. The second-order valence-electron chi connectivity index (χ2n) is 6.00. The van der Waals surface area contributed by atoms with E-state index >= 15 is 0 Å². The van der Waals surface area contributed by atoms with Gasteiger partial charge in [-0.3, -0.25) is 0 Å². The molecule has 0 atom stereocenters. The summed E-state index contributed by atoms with van der Waals surface area (Å²) in [5.41, 5.74) is 8.31. The van der Waals surface area contributed by atoms with Crippen molar-refractivity contribution in [2.75, 3.05) is 11.1 Å². The average molecular weight is 243 g/mol. The fraction of sp³-hybridized carbons (Fsp3) is 0.533. The van der Waals surface area contributed by atoms with E-state index in [1.807, 2.05) is 12.1 Å². The van der Waals surface area contributed by atoms with Crippen molar-refractivity contribution in [2.45, 2.75) is 45.6 Å². The molecule has 0 bridgehead atoms. The minimum Gasteiger partial charge on any atom is -0.398 e. The fourth-order valence-electron chi connectivity index (χ4n) is 2.52. The highest BCUT2D eigenvalue weighted by Crippen LogP contribution is 2.36. The van der Waals surface area contributed by atoms with E-state index in [0.717, 1.165) is 5.69 Å². The number of nitrogens with two attached hydrogens (primary N) is 1. The molecular formula is C15H21N3. The monoisotopic (exact) mass is 243 g/mol. The van der Waals surface area contributed by atoms with Crippen molar-refractivity contribution in [2.24, 2.45) is 5.41 Å². The Morgan fingerprint density at radius 3 is 2.61 bits per heavy atom. The van der Waals surface area contributed by atoms with Gasteiger partial charge in [0.1, 0.15) is 6.07 Å². The lowest BCUT2D eigenvalue weighted by atomic mass is 9.75. The molecule has 96 valence electrons. The molecule has 1 saturated carbocycles. The van der Waals surface area contributed by atoms with Gasteiger partial charge in [0, 0.05) is 17.4 Å². The Kier molecular flexibility index (Phi) is 3.47. The zero-order valence-corrected chi connectivity index (χ0v) is 11.2. The van der Waals surface area contributed by atoms with Crippen LogP contribution in [-0.4, -0.2) is 6.04 Å². The molecule has 1 aromatic carbocycles. The predicted octanol–water partition coefficient (Wildman–Crippen LogP) is 3.52. The van der Waals surface area contributed by atoms with Gasteiger partial charge in [0.05, 0.1) is 5.56 Å². The molecule has 3 N–H and O–H groups in total. The van der Waals surface area contributed by atoms with Gasteiger partial charge >= 0.3 is 0 Å². The van der Waals surface area contributed by atoms with Crippen molar-refractivity contribution in [3.8, 4) is 6.07 Å². The summed E-state index contributed by atoms with van der Waals surface area (Å²) >= 11 is 0. The van der Waals surface area contributed by atoms with Gasteiger partial charge < -0.3 is 11.1 Å². The summed E-state index contributed by atoms with van der Waals surface area (Å²) in [4.78, 5) is 0. The number of benzene rings is 1. The van der Waals surface area contributed by atoms with E-state index in [4.69, 9.17) is 11.0 Å². The molecule has 0 unspecified atom stereocenters. The van der Waals surface area contributed by atoms with Crippen LogP contribution in [-0.2, 0) is 0 Å². The number of hydrogen-bond donors (Lipinski definition) is 2. The van der Waals surface area contributed by atoms with Gasteiger partial charge in [-0.1, -0.05) is 13.8 Å². The first-order valence-corrected chi connectivity index (χ1v) is 6.56. The summed E-state index contributed by atoms with van der Waals surface area (Å²) in [6.45, 7) is 4.67. The van der Waals surface area contributed by atoms with Crippen molar-refractivity contribution >= 4 is 11.4 Å². The van der Waals surface area contributed by atoms with Crippen LogP contribution in [0, 0.1) is 16.7 Å². The van der Waals surface area contributed by atoms with Crippen LogP contribution in [0.15, 0.2) is 18.2 Å². The van der Waals surface area contributed by atoms with Gasteiger partial charge in [-0.05, 0) is 49.3 Å². The summed E-state index contributed by atoms with van der Waals surface area (Å²) in [5, 5.41) is 12.5. The van der Waals surface area contributed by atoms with E-state index in [1.165, 1.54) is 25.7 Å². The Labute approximate surface area is 109 Å². The van der Waals surface area contributed by atoms with Gasteiger partial charge in [-0.15, -0.1) is 0 Å². The Hall–Kier alpha value is -1.69. The molecule has 18 heavy (non-hydrogen) atoms. The molecular weight excluding hydrogens is 222 g/mol. The van der Waals surface area contributed by atoms with Gasteiger partial charge in [0.2, 0.25) is 0 Å². The molecule has 0 aromatic heterocycles. The molecule has 1 aliphatic rings. The molecule has 2 rings (SSSR count). The molecule has 1 aliphatic carbocycles. The third-order valence-electron chi connectivity index (χ3n) is 3.88. The molecule has 0 saturated heterocycles. The summed E-state index contributed by atoms with van der Waals surface area (Å²) < 4.78 is 0. The number of hydrogen-bond acceptors (Lipinski definition) is 3. The number of rotatable bonds is 2. The lowest BCUT2D eigenvalue weighted by Crippen LogP contribution is -2.29. The molecule has 0 amide bonds. The minimum absolute atomic E-state index is 0.483. The van der Waals surface area contributed by atoms with Gasteiger partial charge in [-0.2, -0.15) is 5.26 Å². The molecule has 0 spiro atoms. The first kappa shape index (κ1) is 12.8. The van der Waals surface area contributed by atoms with Crippen molar-refractivity contribution in [3.05, 3.63) is 23.8 Å². The van der Waals surface area contributed by atoms with E-state index in [0.29, 0.717) is 22.7 Å². The maximum Gasteiger partial charge on any atom is 0.101 e. The van der Waals surface area contributed by atoms with Crippen LogP contribution in [0.2, 0.25) is 0 Å². The topological polar surface area (TPSA) is 61.8 Å². The summed E-state index contributed by atoms with van der Waals surface area (Å²) in [5.74, 6) is 0. The summed E-state index contributed by atoms with van der Waals surface area (Å²) in [7, 11) is 0. The number of nitrogen functional groups attached to an aromatic ring is 1. The first-order valence-electron chi connectivity index (χ1n) is 6.56. The molecule has 3 nitrogen and oxygen atoms in total. The van der Waals surface area contributed by atoms with Gasteiger partial charge in [0.15, 0.2) is 0 Å². The Morgan fingerprint density at radius 1 is 1.33 bits per heavy atom. The maximum atomic E-state index is 8.96. The smallest absolute Gasteiger partial charge is 0.101 e. The fourth-order valence-corrected chi connectivity index (χ4v) is 2.52. The van der Waals surface area contributed by atoms with Crippen LogP contribution in [0.1, 0.15) is 45.1 Å².